The zero-order valence-electron chi connectivity index (χ0n) is 10.7. The van der Waals surface area contributed by atoms with E-state index in [-0.39, 0.29) is 11.4 Å². The van der Waals surface area contributed by atoms with Crippen LogP contribution in [0.25, 0.3) is 0 Å². The molecule has 1 aromatic carbocycles. The number of benzene rings is 1. The average molecular weight is 277 g/mol. The summed E-state index contributed by atoms with van der Waals surface area (Å²) in [5, 5.41) is 26.2. The lowest BCUT2D eigenvalue weighted by Crippen LogP contribution is -2.12. The molecular weight excluding hydrogens is 266 g/mol. The molecule has 0 saturated carbocycles. The molecule has 1 amide bonds. The topological polar surface area (TPSA) is 119 Å². The van der Waals surface area contributed by atoms with E-state index in [1.165, 1.54) is 6.07 Å². The van der Waals surface area contributed by atoms with Crippen LogP contribution in [-0.4, -0.2) is 21.1 Å². The maximum absolute atomic E-state index is 11.9. The fourth-order valence-electron chi connectivity index (χ4n) is 1.53. The van der Waals surface area contributed by atoms with Gasteiger partial charge in [-0.3, -0.25) is 20.2 Å². The van der Waals surface area contributed by atoms with Crippen molar-refractivity contribution in [1.29, 1.82) is 0 Å². The van der Waals surface area contributed by atoms with Crippen molar-refractivity contribution in [3.8, 4) is 5.75 Å². The minimum atomic E-state index is -0.735. The second-order valence-electron chi connectivity index (χ2n) is 4.14. The Morgan fingerprint density at radius 1 is 1.45 bits per heavy atom. The summed E-state index contributed by atoms with van der Waals surface area (Å²) in [5.74, 6) is -0.937. The second kappa shape index (κ2) is 5.00. The van der Waals surface area contributed by atoms with Crippen LogP contribution in [-0.2, 0) is 0 Å². The molecule has 104 valence electrons. The summed E-state index contributed by atoms with van der Waals surface area (Å²) in [6, 6.07) is 3.32. The molecule has 8 nitrogen and oxygen atoms in total. The first kappa shape index (κ1) is 13.5. The number of rotatable bonds is 3. The number of phenols is 1. The van der Waals surface area contributed by atoms with E-state index in [0.29, 0.717) is 11.3 Å². The van der Waals surface area contributed by atoms with E-state index in [2.05, 4.69) is 10.5 Å². The van der Waals surface area contributed by atoms with Gasteiger partial charge in [-0.2, -0.15) is 0 Å². The van der Waals surface area contributed by atoms with Crippen LogP contribution in [0.1, 0.15) is 21.6 Å². The zero-order chi connectivity index (χ0) is 14.9. The first-order chi connectivity index (χ1) is 9.40. The molecule has 0 bridgehead atoms. The number of nitrogens with one attached hydrogen (secondary N) is 1. The molecule has 8 heteroatoms. The van der Waals surface area contributed by atoms with Crippen LogP contribution in [0, 0.1) is 24.0 Å². The number of carbonyl (C=O) groups is 1. The molecule has 0 aliphatic heterocycles. The number of aryl methyl sites for hydroxylation is 1. The summed E-state index contributed by atoms with van der Waals surface area (Å²) in [4.78, 5) is 21.8. The zero-order valence-corrected chi connectivity index (χ0v) is 10.7. The number of amides is 1. The van der Waals surface area contributed by atoms with Crippen molar-refractivity contribution < 1.29 is 19.3 Å². The third-order valence-corrected chi connectivity index (χ3v) is 2.82. The predicted molar refractivity (Wildman–Crippen MR) is 68.7 cm³/mol. The van der Waals surface area contributed by atoms with Gasteiger partial charge in [0, 0.05) is 17.2 Å². The van der Waals surface area contributed by atoms with Gasteiger partial charge in [0.15, 0.2) is 5.75 Å². The molecular formula is C12H11N3O5. The van der Waals surface area contributed by atoms with Crippen LogP contribution >= 0.6 is 0 Å². The van der Waals surface area contributed by atoms with Crippen molar-refractivity contribution >= 4 is 17.5 Å². The average Bonchev–Trinajstić information content (AvgIpc) is 2.70. The van der Waals surface area contributed by atoms with Gasteiger partial charge in [0.05, 0.1) is 10.6 Å². The van der Waals surface area contributed by atoms with Crippen molar-refractivity contribution in [3.05, 3.63) is 45.1 Å². The summed E-state index contributed by atoms with van der Waals surface area (Å²) in [6.07, 6.45) is 0. The van der Waals surface area contributed by atoms with Crippen molar-refractivity contribution in [2.24, 2.45) is 0 Å². The van der Waals surface area contributed by atoms with Gasteiger partial charge in [-0.25, -0.2) is 0 Å². The molecule has 0 atom stereocenters. The number of hydrogen-bond donors (Lipinski definition) is 2. The van der Waals surface area contributed by atoms with Gasteiger partial charge in [0.2, 0.25) is 5.88 Å². The van der Waals surface area contributed by atoms with E-state index < -0.39 is 22.3 Å². The van der Waals surface area contributed by atoms with E-state index >= 15 is 0 Å². The minimum absolute atomic E-state index is 0.0709. The van der Waals surface area contributed by atoms with Crippen LogP contribution in [0.5, 0.6) is 5.75 Å². The molecule has 0 saturated heterocycles. The number of nitrogens with zero attached hydrogens (tertiary/aromatic N) is 2. The summed E-state index contributed by atoms with van der Waals surface area (Å²) in [6.45, 7) is 3.46. The lowest BCUT2D eigenvalue weighted by Gasteiger charge is -2.03. The van der Waals surface area contributed by atoms with Gasteiger partial charge in [-0.15, -0.1) is 0 Å². The van der Waals surface area contributed by atoms with E-state index in [0.717, 1.165) is 12.1 Å². The predicted octanol–water partition coefficient (Wildman–Crippen LogP) is 2.16. The lowest BCUT2D eigenvalue weighted by atomic mass is 10.1. The monoisotopic (exact) mass is 277 g/mol. The lowest BCUT2D eigenvalue weighted by molar-refractivity contribution is -0.385. The highest BCUT2D eigenvalue weighted by molar-refractivity contribution is 6.04. The Balaban J connectivity index is 2.24. The number of anilines is 1. The molecule has 0 fully saturated rings. The third-order valence-electron chi connectivity index (χ3n) is 2.82. The smallest absolute Gasteiger partial charge is 0.310 e. The molecule has 2 N–H and O–H groups in total. The number of phenolic OH excluding ortho intramolecular Hbond substituents is 1. The largest absolute Gasteiger partial charge is 0.502 e. The van der Waals surface area contributed by atoms with E-state index in [4.69, 9.17) is 4.52 Å². The molecule has 0 unspecified atom stereocenters. The Morgan fingerprint density at radius 3 is 2.65 bits per heavy atom. The number of hydrogen-bond acceptors (Lipinski definition) is 6. The Bertz CT molecular complexity index is 692. The normalized spacial score (nSPS) is 10.3. The Kier molecular flexibility index (Phi) is 3.38. The molecule has 0 radical (unpaired) electrons. The molecule has 1 heterocycles. The molecule has 20 heavy (non-hydrogen) atoms. The molecule has 2 aromatic rings. The van der Waals surface area contributed by atoms with Gasteiger partial charge in [0.25, 0.3) is 5.91 Å². The maximum atomic E-state index is 11.9. The van der Waals surface area contributed by atoms with Crippen LogP contribution in [0.15, 0.2) is 22.7 Å². The number of nitro benzene ring substituents is 1. The second-order valence-corrected chi connectivity index (χ2v) is 4.14. The third kappa shape index (κ3) is 2.44. The summed E-state index contributed by atoms with van der Waals surface area (Å²) in [5.41, 5.74) is 0.936. The van der Waals surface area contributed by atoms with Crippen molar-refractivity contribution in [1.82, 2.24) is 5.16 Å². The quantitative estimate of drug-likeness (QED) is 0.655. The summed E-state index contributed by atoms with van der Waals surface area (Å²) in [7, 11) is 0. The van der Waals surface area contributed by atoms with Crippen LogP contribution < -0.4 is 5.32 Å². The number of aromatic nitrogens is 1. The molecule has 0 aliphatic carbocycles. The SMILES string of the molecule is Cc1noc(NC(=O)c2ccc([N+](=O)[O-])c(O)c2)c1C. The van der Waals surface area contributed by atoms with Crippen LogP contribution in [0.4, 0.5) is 11.6 Å². The Morgan fingerprint density at radius 2 is 2.15 bits per heavy atom. The van der Waals surface area contributed by atoms with Crippen LogP contribution in [0.3, 0.4) is 0 Å². The van der Waals surface area contributed by atoms with E-state index in [1.807, 2.05) is 0 Å². The van der Waals surface area contributed by atoms with Gasteiger partial charge in [0.1, 0.15) is 0 Å². The Labute approximate surface area is 113 Å². The van der Waals surface area contributed by atoms with Gasteiger partial charge < -0.3 is 9.63 Å². The van der Waals surface area contributed by atoms with E-state index in [9.17, 15) is 20.0 Å². The molecule has 1 aromatic heterocycles. The highest BCUT2D eigenvalue weighted by atomic mass is 16.6. The van der Waals surface area contributed by atoms with Gasteiger partial charge in [-0.1, -0.05) is 5.16 Å². The maximum Gasteiger partial charge on any atom is 0.310 e. The minimum Gasteiger partial charge on any atom is -0.502 e. The first-order valence-electron chi connectivity index (χ1n) is 5.61. The molecule has 0 aliphatic rings. The summed E-state index contributed by atoms with van der Waals surface area (Å²) < 4.78 is 4.93. The van der Waals surface area contributed by atoms with Crippen molar-refractivity contribution in [2.45, 2.75) is 13.8 Å². The standard InChI is InChI=1S/C12H11N3O5/c1-6-7(2)14-20-12(6)13-11(17)8-3-4-9(15(18)19)10(16)5-8/h3-5,16H,1-2H3,(H,13,17). The summed E-state index contributed by atoms with van der Waals surface area (Å²) >= 11 is 0. The number of carbonyl (C=O) groups excluding carboxylic acids is 1. The first-order valence-corrected chi connectivity index (χ1v) is 5.61. The van der Waals surface area contributed by atoms with Crippen molar-refractivity contribution in [3.63, 3.8) is 0 Å². The highest BCUT2D eigenvalue weighted by Gasteiger charge is 2.18. The van der Waals surface area contributed by atoms with Gasteiger partial charge in [-0.05, 0) is 26.0 Å². The molecule has 2 rings (SSSR count). The van der Waals surface area contributed by atoms with Crippen molar-refractivity contribution in [2.75, 3.05) is 5.32 Å². The molecule has 0 spiro atoms. The van der Waals surface area contributed by atoms with Crippen LogP contribution in [0.2, 0.25) is 0 Å². The number of aromatic hydroxyl groups is 1. The fourth-order valence-corrected chi connectivity index (χ4v) is 1.53. The van der Waals surface area contributed by atoms with Gasteiger partial charge >= 0.3 is 5.69 Å². The number of nitro groups is 1. The Hall–Kier alpha value is -2.90. The van der Waals surface area contributed by atoms with E-state index in [1.54, 1.807) is 13.8 Å². The fraction of sp³-hybridized carbons (Fsp3) is 0.167. The highest BCUT2D eigenvalue weighted by Crippen LogP contribution is 2.27.